The molecule has 0 saturated heterocycles. The fraction of sp³-hybridized carbons (Fsp3) is 0.412. The maximum atomic E-state index is 11.8. The number of nitrogens with one attached hydrogen (secondary N) is 1. The summed E-state index contributed by atoms with van der Waals surface area (Å²) < 4.78 is 5.26. The summed E-state index contributed by atoms with van der Waals surface area (Å²) in [5, 5.41) is 2.84. The first kappa shape index (κ1) is 17.0. The lowest BCUT2D eigenvalue weighted by Crippen LogP contribution is -2.25. The largest absolute Gasteiger partial charge is 0.463 e. The SMILES string of the molecule is CCC.CCCCNC(=O)c1cccc(-c2ccco2)n1. The number of carbonyl (C=O) groups is 1. The van der Waals surface area contributed by atoms with Gasteiger partial charge in [0.2, 0.25) is 0 Å². The second-order valence-electron chi connectivity index (χ2n) is 4.70. The van der Waals surface area contributed by atoms with Gasteiger partial charge in [-0.1, -0.05) is 39.7 Å². The Hall–Kier alpha value is -2.10. The van der Waals surface area contributed by atoms with Crippen molar-refractivity contribution in [2.45, 2.75) is 40.0 Å². The van der Waals surface area contributed by atoms with Gasteiger partial charge in [-0.05, 0) is 30.7 Å². The molecule has 2 aromatic heterocycles. The quantitative estimate of drug-likeness (QED) is 0.835. The molecule has 4 nitrogen and oxygen atoms in total. The molecule has 21 heavy (non-hydrogen) atoms. The molecule has 0 saturated carbocycles. The highest BCUT2D eigenvalue weighted by molar-refractivity contribution is 5.92. The number of unbranched alkanes of at least 4 members (excludes halogenated alkanes) is 1. The molecule has 0 aliphatic carbocycles. The maximum Gasteiger partial charge on any atom is 0.269 e. The Labute approximate surface area is 126 Å². The van der Waals surface area contributed by atoms with E-state index in [0.717, 1.165) is 12.8 Å². The van der Waals surface area contributed by atoms with Crippen molar-refractivity contribution in [1.82, 2.24) is 10.3 Å². The van der Waals surface area contributed by atoms with Gasteiger partial charge in [-0.25, -0.2) is 4.98 Å². The van der Waals surface area contributed by atoms with Crippen molar-refractivity contribution >= 4 is 5.91 Å². The molecule has 1 N–H and O–H groups in total. The van der Waals surface area contributed by atoms with E-state index >= 15 is 0 Å². The van der Waals surface area contributed by atoms with Crippen LogP contribution < -0.4 is 5.32 Å². The minimum Gasteiger partial charge on any atom is -0.463 e. The van der Waals surface area contributed by atoms with Gasteiger partial charge in [-0.2, -0.15) is 0 Å². The van der Waals surface area contributed by atoms with Crippen LogP contribution in [0.15, 0.2) is 41.0 Å². The molecule has 0 atom stereocenters. The molecule has 0 fully saturated rings. The molecular formula is C17H24N2O2. The van der Waals surface area contributed by atoms with Gasteiger partial charge in [0.1, 0.15) is 11.4 Å². The Morgan fingerprint density at radius 2 is 1.95 bits per heavy atom. The van der Waals surface area contributed by atoms with Crippen molar-refractivity contribution in [3.8, 4) is 11.5 Å². The van der Waals surface area contributed by atoms with Crippen LogP contribution in [-0.4, -0.2) is 17.4 Å². The van der Waals surface area contributed by atoms with E-state index in [1.54, 1.807) is 24.5 Å². The number of hydrogen-bond acceptors (Lipinski definition) is 3. The Morgan fingerprint density at radius 3 is 2.57 bits per heavy atom. The van der Waals surface area contributed by atoms with Crippen LogP contribution in [0.4, 0.5) is 0 Å². The van der Waals surface area contributed by atoms with E-state index in [1.165, 1.54) is 6.42 Å². The second-order valence-corrected chi connectivity index (χ2v) is 4.70. The summed E-state index contributed by atoms with van der Waals surface area (Å²) in [5.41, 5.74) is 1.09. The lowest BCUT2D eigenvalue weighted by Gasteiger charge is -2.04. The third kappa shape index (κ3) is 5.81. The zero-order valence-corrected chi connectivity index (χ0v) is 13.1. The van der Waals surface area contributed by atoms with E-state index in [4.69, 9.17) is 4.42 Å². The van der Waals surface area contributed by atoms with Gasteiger partial charge in [0.05, 0.1) is 6.26 Å². The van der Waals surface area contributed by atoms with Crippen LogP contribution in [0.5, 0.6) is 0 Å². The number of furan rings is 1. The predicted octanol–water partition coefficient (Wildman–Crippen LogP) is 4.29. The number of carbonyl (C=O) groups excluding carboxylic acids is 1. The summed E-state index contributed by atoms with van der Waals surface area (Å²) in [6.45, 7) is 7.02. The number of rotatable bonds is 5. The molecule has 1 amide bonds. The molecule has 0 unspecified atom stereocenters. The van der Waals surface area contributed by atoms with Crippen molar-refractivity contribution in [2.24, 2.45) is 0 Å². The van der Waals surface area contributed by atoms with E-state index in [0.29, 0.717) is 23.7 Å². The topological polar surface area (TPSA) is 55.1 Å². The van der Waals surface area contributed by atoms with Crippen LogP contribution in [-0.2, 0) is 0 Å². The minimum absolute atomic E-state index is 0.142. The number of amides is 1. The zero-order valence-electron chi connectivity index (χ0n) is 13.1. The average molecular weight is 288 g/mol. The first-order valence-corrected chi connectivity index (χ1v) is 7.52. The average Bonchev–Trinajstić information content (AvgIpc) is 3.03. The highest BCUT2D eigenvalue weighted by Crippen LogP contribution is 2.17. The van der Waals surface area contributed by atoms with Gasteiger partial charge >= 0.3 is 0 Å². The molecule has 0 aliphatic rings. The fourth-order valence-corrected chi connectivity index (χ4v) is 1.59. The van der Waals surface area contributed by atoms with Gasteiger partial charge < -0.3 is 9.73 Å². The highest BCUT2D eigenvalue weighted by atomic mass is 16.3. The van der Waals surface area contributed by atoms with E-state index in [9.17, 15) is 4.79 Å². The normalized spacial score (nSPS) is 9.67. The fourth-order valence-electron chi connectivity index (χ4n) is 1.59. The molecular weight excluding hydrogens is 264 g/mol. The van der Waals surface area contributed by atoms with E-state index in [2.05, 4.69) is 31.1 Å². The molecule has 0 aliphatic heterocycles. The van der Waals surface area contributed by atoms with Gasteiger partial charge in [-0.15, -0.1) is 0 Å². The number of nitrogens with zero attached hydrogens (tertiary/aromatic N) is 1. The molecule has 0 aromatic carbocycles. The number of aromatic nitrogens is 1. The van der Waals surface area contributed by atoms with Crippen LogP contribution >= 0.6 is 0 Å². The van der Waals surface area contributed by atoms with Crippen LogP contribution in [0, 0.1) is 0 Å². The predicted molar refractivity (Wildman–Crippen MR) is 85.1 cm³/mol. The van der Waals surface area contributed by atoms with Gasteiger partial charge in [0.15, 0.2) is 5.76 Å². The first-order valence-electron chi connectivity index (χ1n) is 7.52. The van der Waals surface area contributed by atoms with Crippen molar-refractivity contribution < 1.29 is 9.21 Å². The number of hydrogen-bond donors (Lipinski definition) is 1. The van der Waals surface area contributed by atoms with E-state index in [1.807, 2.05) is 12.1 Å². The lowest BCUT2D eigenvalue weighted by atomic mass is 10.2. The van der Waals surface area contributed by atoms with Crippen LogP contribution in [0.1, 0.15) is 50.5 Å². The molecule has 2 aromatic rings. The molecule has 0 spiro atoms. The summed E-state index contributed by atoms with van der Waals surface area (Å²) in [4.78, 5) is 16.1. The molecule has 0 bridgehead atoms. The van der Waals surface area contributed by atoms with Crippen molar-refractivity contribution in [3.05, 3.63) is 42.3 Å². The van der Waals surface area contributed by atoms with E-state index in [-0.39, 0.29) is 5.91 Å². The maximum absolute atomic E-state index is 11.8. The summed E-state index contributed by atoms with van der Waals surface area (Å²) in [6, 6.07) is 8.95. The smallest absolute Gasteiger partial charge is 0.269 e. The summed E-state index contributed by atoms with van der Waals surface area (Å²) in [6.07, 6.45) is 4.87. The van der Waals surface area contributed by atoms with Crippen molar-refractivity contribution in [3.63, 3.8) is 0 Å². The Morgan fingerprint density at radius 1 is 1.19 bits per heavy atom. The van der Waals surface area contributed by atoms with Crippen LogP contribution in [0.3, 0.4) is 0 Å². The Balaban J connectivity index is 0.000000677. The Bertz CT molecular complexity index is 521. The third-order valence-corrected chi connectivity index (χ3v) is 2.57. The standard InChI is InChI=1S/C14H16N2O2.C3H8/c1-2-3-9-15-14(17)12-7-4-6-11(16-12)13-8-5-10-18-13;1-3-2/h4-8,10H,2-3,9H2,1H3,(H,15,17);3H2,1-2H3. The zero-order chi connectivity index (χ0) is 15.5. The first-order chi connectivity index (χ1) is 10.2. The molecule has 114 valence electrons. The van der Waals surface area contributed by atoms with Crippen molar-refractivity contribution in [2.75, 3.05) is 6.54 Å². The Kier molecular flexibility index (Phi) is 7.87. The number of pyridine rings is 1. The molecule has 4 heteroatoms. The molecule has 2 rings (SSSR count). The van der Waals surface area contributed by atoms with Crippen molar-refractivity contribution in [1.29, 1.82) is 0 Å². The molecule has 0 radical (unpaired) electrons. The summed E-state index contributed by atoms with van der Waals surface area (Å²) in [5.74, 6) is 0.523. The van der Waals surface area contributed by atoms with Gasteiger partial charge in [0.25, 0.3) is 5.91 Å². The van der Waals surface area contributed by atoms with Crippen LogP contribution in [0.2, 0.25) is 0 Å². The lowest BCUT2D eigenvalue weighted by molar-refractivity contribution is 0.0948. The summed E-state index contributed by atoms with van der Waals surface area (Å²) >= 11 is 0. The second kappa shape index (κ2) is 9.75. The monoisotopic (exact) mass is 288 g/mol. The molecule has 2 heterocycles. The van der Waals surface area contributed by atoms with E-state index < -0.39 is 0 Å². The third-order valence-electron chi connectivity index (χ3n) is 2.57. The van der Waals surface area contributed by atoms with Crippen LogP contribution in [0.25, 0.3) is 11.5 Å². The minimum atomic E-state index is -0.142. The summed E-state index contributed by atoms with van der Waals surface area (Å²) in [7, 11) is 0. The van der Waals surface area contributed by atoms with Gasteiger partial charge in [-0.3, -0.25) is 4.79 Å². The van der Waals surface area contributed by atoms with Gasteiger partial charge in [0, 0.05) is 6.54 Å². The highest BCUT2D eigenvalue weighted by Gasteiger charge is 2.09.